The van der Waals surface area contributed by atoms with Crippen molar-refractivity contribution in [1.82, 2.24) is 9.66 Å². The Bertz CT molecular complexity index is 1510. The Kier molecular flexibility index (Phi) is 8.12. The smallest absolute Gasteiger partial charge is 0.313 e. The Balaban J connectivity index is 1.72. The van der Waals surface area contributed by atoms with E-state index < -0.39 is 4.92 Å². The van der Waals surface area contributed by atoms with E-state index in [9.17, 15) is 14.9 Å². The third kappa shape index (κ3) is 5.80. The van der Waals surface area contributed by atoms with E-state index in [2.05, 4.69) is 26.0 Å². The molecule has 0 spiro atoms. The first-order valence-electron chi connectivity index (χ1n) is 11.3. The number of aryl methyl sites for hydroxylation is 1. The number of nitro benzene ring substituents is 1. The molecule has 0 N–H and O–H groups in total. The second-order valence-corrected chi connectivity index (χ2v) is 9.36. The van der Waals surface area contributed by atoms with Crippen LogP contribution in [0.5, 0.6) is 5.75 Å². The molecule has 0 amide bonds. The molecule has 0 radical (unpaired) electrons. The van der Waals surface area contributed by atoms with E-state index in [4.69, 9.17) is 16.3 Å². The van der Waals surface area contributed by atoms with Crippen molar-refractivity contribution in [3.8, 4) is 5.75 Å². The number of fused-ring (bicyclic) bond motifs is 1. The molecule has 0 saturated heterocycles. The van der Waals surface area contributed by atoms with Gasteiger partial charge in [0.15, 0.2) is 0 Å². The number of ether oxygens (including phenoxy) is 1. The molecule has 0 aliphatic rings. The van der Waals surface area contributed by atoms with E-state index in [0.717, 1.165) is 22.9 Å². The third-order valence-corrected chi connectivity index (χ3v) is 6.19. The van der Waals surface area contributed by atoms with Gasteiger partial charge in [-0.1, -0.05) is 71.2 Å². The third-order valence-electron chi connectivity index (χ3n) is 5.42. The summed E-state index contributed by atoms with van der Waals surface area (Å²) in [5.41, 5.74) is 1.16. The Hall–Kier alpha value is -3.56. The van der Waals surface area contributed by atoms with Crippen LogP contribution in [0.15, 0.2) is 75.0 Å². The summed E-state index contributed by atoms with van der Waals surface area (Å²) in [6, 6.07) is 17.4. The van der Waals surface area contributed by atoms with Crippen LogP contribution in [0, 0.1) is 10.1 Å². The van der Waals surface area contributed by atoms with Crippen molar-refractivity contribution in [3.05, 3.63) is 108 Å². The van der Waals surface area contributed by atoms with Crippen molar-refractivity contribution in [3.63, 3.8) is 0 Å². The minimum absolute atomic E-state index is 0.0271. The van der Waals surface area contributed by atoms with Gasteiger partial charge in [-0.15, -0.1) is 0 Å². The molecule has 1 heterocycles. The molecule has 10 heteroatoms. The van der Waals surface area contributed by atoms with Gasteiger partial charge >= 0.3 is 5.69 Å². The zero-order chi connectivity index (χ0) is 25.7. The number of halogens is 2. The predicted molar refractivity (Wildman–Crippen MR) is 144 cm³/mol. The van der Waals surface area contributed by atoms with E-state index in [1.54, 1.807) is 12.1 Å². The lowest BCUT2D eigenvalue weighted by atomic mass is 10.2. The Morgan fingerprint density at radius 1 is 1.19 bits per heavy atom. The van der Waals surface area contributed by atoms with Crippen LogP contribution in [0.2, 0.25) is 5.02 Å². The molecule has 0 unspecified atom stereocenters. The van der Waals surface area contributed by atoms with Crippen molar-refractivity contribution in [1.29, 1.82) is 0 Å². The maximum Gasteiger partial charge on any atom is 0.313 e. The van der Waals surface area contributed by atoms with Crippen LogP contribution in [0.3, 0.4) is 0 Å². The summed E-state index contributed by atoms with van der Waals surface area (Å²) in [7, 11) is 0. The average Bonchev–Trinajstić information content (AvgIpc) is 2.87. The Labute approximate surface area is 220 Å². The van der Waals surface area contributed by atoms with Crippen LogP contribution < -0.4 is 10.3 Å². The first kappa shape index (κ1) is 25.5. The molecule has 3 aromatic carbocycles. The molecule has 0 atom stereocenters. The van der Waals surface area contributed by atoms with Crippen LogP contribution in [-0.4, -0.2) is 20.8 Å². The molecule has 1 aromatic heterocycles. The van der Waals surface area contributed by atoms with Gasteiger partial charge in [-0.2, -0.15) is 9.78 Å². The van der Waals surface area contributed by atoms with Crippen LogP contribution in [-0.2, 0) is 13.0 Å². The lowest BCUT2D eigenvalue weighted by Crippen LogP contribution is -2.22. The molecule has 8 nitrogen and oxygen atoms in total. The molecule has 4 rings (SSSR count). The van der Waals surface area contributed by atoms with Crippen molar-refractivity contribution in [2.75, 3.05) is 0 Å². The minimum Gasteiger partial charge on any atom is -0.481 e. The van der Waals surface area contributed by atoms with Gasteiger partial charge in [0.2, 0.25) is 5.75 Å². The number of hydrogen-bond donors (Lipinski definition) is 0. The molecule has 0 saturated carbocycles. The quantitative estimate of drug-likeness (QED) is 0.130. The normalized spacial score (nSPS) is 11.3. The van der Waals surface area contributed by atoms with E-state index in [0.29, 0.717) is 28.7 Å². The minimum atomic E-state index is -0.558. The van der Waals surface area contributed by atoms with Gasteiger partial charge < -0.3 is 4.74 Å². The maximum atomic E-state index is 13.2. The van der Waals surface area contributed by atoms with Gasteiger partial charge in [-0.25, -0.2) is 4.98 Å². The standard InChI is InChI=1S/C26H22BrClN4O4/c1-2-3-9-24-30-22-11-10-19(27)14-20(22)26(33)31(24)29-15-18-12-21(28)25(23(13-18)32(34)35)36-16-17-7-5-4-6-8-17/h4-8,10-15H,2-3,9,16H2,1H3. The first-order valence-corrected chi connectivity index (χ1v) is 12.4. The van der Waals surface area contributed by atoms with Crippen molar-refractivity contribution in [2.45, 2.75) is 32.8 Å². The number of aromatic nitrogens is 2. The molecular formula is C26H22BrClN4O4. The van der Waals surface area contributed by atoms with Crippen molar-refractivity contribution in [2.24, 2.45) is 5.10 Å². The predicted octanol–water partition coefficient (Wildman–Crippen LogP) is 6.52. The van der Waals surface area contributed by atoms with E-state index in [1.165, 1.54) is 23.0 Å². The van der Waals surface area contributed by atoms with E-state index in [1.807, 2.05) is 43.3 Å². The monoisotopic (exact) mass is 568 g/mol. The average molecular weight is 570 g/mol. The highest BCUT2D eigenvalue weighted by atomic mass is 79.9. The van der Waals surface area contributed by atoms with Gasteiger partial charge in [0, 0.05) is 22.5 Å². The summed E-state index contributed by atoms with van der Waals surface area (Å²) in [6.45, 7) is 2.18. The summed E-state index contributed by atoms with van der Waals surface area (Å²) in [6.07, 6.45) is 3.67. The fraction of sp³-hybridized carbons (Fsp3) is 0.192. The number of benzene rings is 3. The summed E-state index contributed by atoms with van der Waals surface area (Å²) in [5, 5.41) is 16.6. The Morgan fingerprint density at radius 3 is 2.69 bits per heavy atom. The molecular weight excluding hydrogens is 548 g/mol. The van der Waals surface area contributed by atoms with E-state index in [-0.39, 0.29) is 28.6 Å². The fourth-order valence-electron chi connectivity index (χ4n) is 3.62. The molecule has 184 valence electrons. The van der Waals surface area contributed by atoms with Crippen molar-refractivity contribution < 1.29 is 9.66 Å². The number of nitro groups is 1. The van der Waals surface area contributed by atoms with Gasteiger partial charge in [0.25, 0.3) is 5.56 Å². The number of nitrogens with zero attached hydrogens (tertiary/aromatic N) is 4. The molecule has 0 aliphatic carbocycles. The zero-order valence-corrected chi connectivity index (χ0v) is 21.7. The van der Waals surface area contributed by atoms with Gasteiger partial charge in [0.05, 0.1) is 27.1 Å². The van der Waals surface area contributed by atoms with Crippen LogP contribution in [0.25, 0.3) is 10.9 Å². The molecule has 0 aliphatic heterocycles. The highest BCUT2D eigenvalue weighted by Gasteiger charge is 2.21. The molecule has 0 bridgehead atoms. The number of rotatable bonds is 9. The maximum absolute atomic E-state index is 13.2. The highest BCUT2D eigenvalue weighted by molar-refractivity contribution is 9.10. The first-order chi connectivity index (χ1) is 17.4. The second kappa shape index (κ2) is 11.5. The van der Waals surface area contributed by atoms with Gasteiger partial charge in [0.1, 0.15) is 12.4 Å². The number of unbranched alkanes of at least 4 members (excludes halogenated alkanes) is 1. The zero-order valence-electron chi connectivity index (χ0n) is 19.4. The largest absolute Gasteiger partial charge is 0.481 e. The summed E-state index contributed by atoms with van der Waals surface area (Å²) in [4.78, 5) is 29.1. The van der Waals surface area contributed by atoms with Gasteiger partial charge in [-0.3, -0.25) is 14.9 Å². The lowest BCUT2D eigenvalue weighted by Gasteiger charge is -2.10. The second-order valence-electron chi connectivity index (χ2n) is 8.04. The summed E-state index contributed by atoms with van der Waals surface area (Å²) in [5.74, 6) is 0.483. The van der Waals surface area contributed by atoms with Crippen LogP contribution in [0.4, 0.5) is 5.69 Å². The molecule has 36 heavy (non-hydrogen) atoms. The van der Waals surface area contributed by atoms with Crippen molar-refractivity contribution >= 4 is 50.3 Å². The molecule has 4 aromatic rings. The Morgan fingerprint density at radius 2 is 1.97 bits per heavy atom. The highest BCUT2D eigenvalue weighted by Crippen LogP contribution is 2.36. The topological polar surface area (TPSA) is 99.6 Å². The van der Waals surface area contributed by atoms with Gasteiger partial charge in [-0.05, 0) is 36.2 Å². The summed E-state index contributed by atoms with van der Waals surface area (Å²) < 4.78 is 7.68. The van der Waals surface area contributed by atoms with Crippen LogP contribution in [0.1, 0.15) is 36.7 Å². The SMILES string of the molecule is CCCCc1nc2ccc(Br)cc2c(=O)n1N=Cc1cc(Cl)c(OCc2ccccc2)c([N+](=O)[O-])c1. The molecule has 0 fully saturated rings. The number of hydrogen-bond acceptors (Lipinski definition) is 6. The lowest BCUT2D eigenvalue weighted by molar-refractivity contribution is -0.385. The fourth-order valence-corrected chi connectivity index (χ4v) is 4.26. The van der Waals surface area contributed by atoms with E-state index >= 15 is 0 Å². The van der Waals surface area contributed by atoms with Crippen LogP contribution >= 0.6 is 27.5 Å². The summed E-state index contributed by atoms with van der Waals surface area (Å²) >= 11 is 9.76.